The van der Waals surface area contributed by atoms with E-state index in [1.165, 1.54) is 18.4 Å². The molecule has 0 bridgehead atoms. The number of nitrogens with zero attached hydrogens (tertiary/aromatic N) is 3. The summed E-state index contributed by atoms with van der Waals surface area (Å²) in [5.41, 5.74) is 7.89. The van der Waals surface area contributed by atoms with Crippen LogP contribution in [-0.4, -0.2) is 21.1 Å². The third-order valence-corrected chi connectivity index (χ3v) is 3.32. The van der Waals surface area contributed by atoms with Gasteiger partial charge in [-0.15, -0.1) is 10.2 Å². The minimum Gasteiger partial charge on any atom is -0.330 e. The van der Waals surface area contributed by atoms with Gasteiger partial charge < -0.3 is 5.73 Å². The molecule has 2 heterocycles. The molecule has 4 nitrogen and oxygen atoms in total. The Bertz CT molecular complexity index is 513. The molecular formula is C12H16N4. The average molecular weight is 216 g/mol. The minimum absolute atomic E-state index is 0.388. The second kappa shape index (κ2) is 3.56. The summed E-state index contributed by atoms with van der Waals surface area (Å²) < 4.78 is 2.12. The van der Waals surface area contributed by atoms with Crippen molar-refractivity contribution in [1.29, 1.82) is 0 Å². The molecule has 1 aliphatic rings. The van der Waals surface area contributed by atoms with Gasteiger partial charge in [0.2, 0.25) is 0 Å². The fraction of sp³-hybridized carbons (Fsp3) is 0.500. The average Bonchev–Trinajstić information content (AvgIpc) is 3.08. The number of nitrogens with two attached hydrogens (primary N) is 1. The summed E-state index contributed by atoms with van der Waals surface area (Å²) in [6.45, 7) is 2.81. The van der Waals surface area contributed by atoms with Crippen LogP contribution in [0, 0.1) is 0 Å². The van der Waals surface area contributed by atoms with Gasteiger partial charge in [-0.25, -0.2) is 0 Å². The van der Waals surface area contributed by atoms with Crippen LogP contribution in [0.1, 0.15) is 43.0 Å². The number of fused-ring (bicyclic) bond motifs is 1. The zero-order valence-electron chi connectivity index (χ0n) is 9.43. The number of rotatable bonds is 3. The van der Waals surface area contributed by atoms with Gasteiger partial charge in [-0.3, -0.25) is 4.40 Å². The van der Waals surface area contributed by atoms with Crippen molar-refractivity contribution >= 4 is 5.65 Å². The van der Waals surface area contributed by atoms with Gasteiger partial charge in [-0.1, -0.05) is 13.0 Å². The molecule has 2 aromatic heterocycles. The molecule has 2 N–H and O–H groups in total. The standard InChI is InChI=1S/C12H16N4/c1-8(6-13)10-4-5-11-14-15-12(9-2-3-9)16(11)7-10/h4-5,7-9H,2-3,6,13H2,1H3. The molecule has 3 rings (SSSR count). The fourth-order valence-corrected chi connectivity index (χ4v) is 1.97. The van der Waals surface area contributed by atoms with Crippen LogP contribution in [-0.2, 0) is 0 Å². The normalized spacial score (nSPS) is 17.9. The molecule has 0 amide bonds. The molecule has 2 aromatic rings. The highest BCUT2D eigenvalue weighted by Gasteiger charge is 2.28. The Labute approximate surface area is 94.5 Å². The highest BCUT2D eigenvalue weighted by atomic mass is 15.2. The topological polar surface area (TPSA) is 56.2 Å². The molecule has 4 heteroatoms. The summed E-state index contributed by atoms with van der Waals surface area (Å²) >= 11 is 0. The lowest BCUT2D eigenvalue weighted by molar-refractivity contribution is 0.763. The van der Waals surface area contributed by atoms with Gasteiger partial charge in [0.1, 0.15) is 5.82 Å². The van der Waals surface area contributed by atoms with Crippen LogP contribution in [0.25, 0.3) is 5.65 Å². The van der Waals surface area contributed by atoms with E-state index in [0.717, 1.165) is 11.5 Å². The summed E-state index contributed by atoms with van der Waals surface area (Å²) in [7, 11) is 0. The van der Waals surface area contributed by atoms with Crippen molar-refractivity contribution in [1.82, 2.24) is 14.6 Å². The van der Waals surface area contributed by atoms with Crippen molar-refractivity contribution in [2.24, 2.45) is 5.73 Å². The van der Waals surface area contributed by atoms with Gasteiger partial charge in [0, 0.05) is 12.1 Å². The monoisotopic (exact) mass is 216 g/mol. The number of pyridine rings is 1. The molecule has 0 aliphatic heterocycles. The molecule has 16 heavy (non-hydrogen) atoms. The van der Waals surface area contributed by atoms with Crippen LogP contribution < -0.4 is 5.73 Å². The van der Waals surface area contributed by atoms with Crippen molar-refractivity contribution in [3.05, 3.63) is 29.7 Å². The number of aromatic nitrogens is 3. The largest absolute Gasteiger partial charge is 0.330 e. The lowest BCUT2D eigenvalue weighted by Crippen LogP contribution is -2.09. The second-order valence-electron chi connectivity index (χ2n) is 4.66. The molecule has 1 atom stereocenters. The van der Waals surface area contributed by atoms with Crippen molar-refractivity contribution in [2.75, 3.05) is 6.54 Å². The van der Waals surface area contributed by atoms with E-state index >= 15 is 0 Å². The molecule has 0 radical (unpaired) electrons. The lowest BCUT2D eigenvalue weighted by atomic mass is 10.0. The van der Waals surface area contributed by atoms with Gasteiger partial charge >= 0.3 is 0 Å². The first-order chi connectivity index (χ1) is 7.79. The van der Waals surface area contributed by atoms with Crippen LogP contribution in [0.5, 0.6) is 0 Å². The highest BCUT2D eigenvalue weighted by molar-refractivity contribution is 5.41. The second-order valence-corrected chi connectivity index (χ2v) is 4.66. The molecule has 1 aliphatic carbocycles. The molecule has 0 spiro atoms. The summed E-state index contributed by atoms with van der Waals surface area (Å²) in [5.74, 6) is 2.12. The van der Waals surface area contributed by atoms with E-state index in [4.69, 9.17) is 5.73 Å². The summed E-state index contributed by atoms with van der Waals surface area (Å²) in [5, 5.41) is 8.45. The summed E-state index contributed by atoms with van der Waals surface area (Å²) in [6, 6.07) is 4.12. The summed E-state index contributed by atoms with van der Waals surface area (Å²) in [4.78, 5) is 0. The van der Waals surface area contributed by atoms with Gasteiger partial charge in [-0.05, 0) is 36.9 Å². The van der Waals surface area contributed by atoms with E-state index < -0.39 is 0 Å². The molecule has 84 valence electrons. The first-order valence-corrected chi connectivity index (χ1v) is 5.84. The van der Waals surface area contributed by atoms with Gasteiger partial charge in [0.25, 0.3) is 0 Å². The predicted octanol–water partition coefficient (Wildman–Crippen LogP) is 1.67. The fourth-order valence-electron chi connectivity index (χ4n) is 1.97. The van der Waals surface area contributed by atoms with Crippen molar-refractivity contribution in [2.45, 2.75) is 31.6 Å². The van der Waals surface area contributed by atoms with Gasteiger partial charge in [-0.2, -0.15) is 0 Å². The molecular weight excluding hydrogens is 200 g/mol. The minimum atomic E-state index is 0.388. The van der Waals surface area contributed by atoms with Crippen LogP contribution in [0.2, 0.25) is 0 Å². The van der Waals surface area contributed by atoms with Crippen LogP contribution in [0.3, 0.4) is 0 Å². The molecule has 1 fully saturated rings. The maximum atomic E-state index is 5.69. The quantitative estimate of drug-likeness (QED) is 0.849. The zero-order valence-corrected chi connectivity index (χ0v) is 9.43. The lowest BCUT2D eigenvalue weighted by Gasteiger charge is -2.09. The van der Waals surface area contributed by atoms with E-state index in [1.54, 1.807) is 0 Å². The van der Waals surface area contributed by atoms with E-state index in [0.29, 0.717) is 18.4 Å². The van der Waals surface area contributed by atoms with Crippen LogP contribution in [0.15, 0.2) is 18.3 Å². The molecule has 1 saturated carbocycles. The first kappa shape index (κ1) is 9.78. The van der Waals surface area contributed by atoms with E-state index in [-0.39, 0.29) is 0 Å². The Morgan fingerprint density at radius 2 is 2.25 bits per heavy atom. The number of hydrogen-bond donors (Lipinski definition) is 1. The maximum Gasteiger partial charge on any atom is 0.160 e. The molecule has 0 saturated heterocycles. The Morgan fingerprint density at radius 3 is 2.94 bits per heavy atom. The SMILES string of the molecule is CC(CN)c1ccc2nnc(C3CC3)n2c1. The van der Waals surface area contributed by atoms with Crippen LogP contribution >= 0.6 is 0 Å². The Morgan fingerprint density at radius 1 is 1.44 bits per heavy atom. The highest BCUT2D eigenvalue weighted by Crippen LogP contribution is 2.39. The Hall–Kier alpha value is -1.42. The predicted molar refractivity (Wildman–Crippen MR) is 62.4 cm³/mol. The van der Waals surface area contributed by atoms with E-state index in [2.05, 4.69) is 33.8 Å². The van der Waals surface area contributed by atoms with Crippen molar-refractivity contribution < 1.29 is 0 Å². The van der Waals surface area contributed by atoms with E-state index in [9.17, 15) is 0 Å². The first-order valence-electron chi connectivity index (χ1n) is 5.84. The van der Waals surface area contributed by atoms with Crippen molar-refractivity contribution in [3.8, 4) is 0 Å². The smallest absolute Gasteiger partial charge is 0.160 e. The third kappa shape index (κ3) is 1.50. The Kier molecular flexibility index (Phi) is 2.17. The van der Waals surface area contributed by atoms with Crippen molar-refractivity contribution in [3.63, 3.8) is 0 Å². The summed E-state index contributed by atoms with van der Waals surface area (Å²) in [6.07, 6.45) is 4.63. The number of hydrogen-bond acceptors (Lipinski definition) is 3. The molecule has 1 unspecified atom stereocenters. The van der Waals surface area contributed by atoms with E-state index in [1.807, 2.05) is 6.07 Å². The van der Waals surface area contributed by atoms with Crippen LogP contribution in [0.4, 0.5) is 0 Å². The van der Waals surface area contributed by atoms with Gasteiger partial charge in [0.15, 0.2) is 5.65 Å². The molecule has 0 aromatic carbocycles. The zero-order chi connectivity index (χ0) is 11.1. The van der Waals surface area contributed by atoms with Gasteiger partial charge in [0.05, 0.1) is 0 Å². The third-order valence-electron chi connectivity index (χ3n) is 3.32. The maximum absolute atomic E-state index is 5.69. The Balaban J connectivity index is 2.10.